The summed E-state index contributed by atoms with van der Waals surface area (Å²) < 4.78 is 9.83. The first-order chi connectivity index (χ1) is 11.3. The molecule has 9 heteroatoms. The van der Waals surface area contributed by atoms with Crippen LogP contribution < -0.4 is 5.73 Å². The minimum Gasteiger partial charge on any atom is -0.508 e. The van der Waals surface area contributed by atoms with Crippen molar-refractivity contribution in [1.82, 2.24) is 0 Å². The summed E-state index contributed by atoms with van der Waals surface area (Å²) in [6, 6.07) is 5.19. The third-order valence-electron chi connectivity index (χ3n) is 3.77. The van der Waals surface area contributed by atoms with Gasteiger partial charge in [0.15, 0.2) is 6.29 Å². The Balaban J connectivity index is 1.84. The Kier molecular flexibility index (Phi) is 6.10. The monoisotopic (exact) mass is 343 g/mol. The van der Waals surface area contributed by atoms with Gasteiger partial charge >= 0.3 is 5.97 Å². The van der Waals surface area contributed by atoms with Gasteiger partial charge < -0.3 is 40.7 Å². The fraction of sp³-hybridized carbons (Fsp3) is 0.533. The van der Waals surface area contributed by atoms with Gasteiger partial charge in [0.05, 0.1) is 0 Å². The molecule has 134 valence electrons. The van der Waals surface area contributed by atoms with E-state index in [2.05, 4.69) is 0 Å². The molecule has 0 saturated carbocycles. The van der Waals surface area contributed by atoms with E-state index in [9.17, 15) is 30.3 Å². The van der Waals surface area contributed by atoms with Crippen molar-refractivity contribution in [3.63, 3.8) is 0 Å². The van der Waals surface area contributed by atoms with E-state index < -0.39 is 49.3 Å². The van der Waals surface area contributed by atoms with Crippen molar-refractivity contribution in [3.8, 4) is 5.75 Å². The van der Waals surface area contributed by atoms with Crippen LogP contribution in [0.5, 0.6) is 5.75 Å². The molecular formula is C15H21NO8. The molecule has 1 saturated heterocycles. The number of carbonyl (C=O) groups is 1. The van der Waals surface area contributed by atoms with Crippen molar-refractivity contribution in [3.05, 3.63) is 29.8 Å². The van der Waals surface area contributed by atoms with Crippen molar-refractivity contribution in [2.75, 3.05) is 6.61 Å². The van der Waals surface area contributed by atoms with Crippen molar-refractivity contribution < 1.29 is 39.8 Å². The smallest absolute Gasteiger partial charge is 0.323 e. The van der Waals surface area contributed by atoms with Crippen LogP contribution in [0.25, 0.3) is 0 Å². The summed E-state index contributed by atoms with van der Waals surface area (Å²) in [4.78, 5) is 11.9. The second-order valence-corrected chi connectivity index (χ2v) is 5.64. The summed E-state index contributed by atoms with van der Waals surface area (Å²) in [6.45, 7) is -0.440. The molecule has 1 unspecified atom stereocenters. The molecule has 1 aromatic rings. The Bertz CT molecular complexity index is 551. The lowest BCUT2D eigenvalue weighted by atomic mass is 9.99. The van der Waals surface area contributed by atoms with Gasteiger partial charge in [0.2, 0.25) is 0 Å². The number of esters is 1. The third-order valence-corrected chi connectivity index (χ3v) is 3.77. The zero-order chi connectivity index (χ0) is 17.9. The molecule has 1 aliphatic rings. The van der Waals surface area contributed by atoms with Crippen LogP contribution in [0, 0.1) is 0 Å². The second-order valence-electron chi connectivity index (χ2n) is 5.64. The van der Waals surface area contributed by atoms with E-state index >= 15 is 0 Å². The van der Waals surface area contributed by atoms with E-state index in [1.807, 2.05) is 0 Å². The number of rotatable bonds is 5. The molecule has 0 aromatic heterocycles. The lowest BCUT2D eigenvalue weighted by molar-refractivity contribution is -0.287. The van der Waals surface area contributed by atoms with E-state index in [-0.39, 0.29) is 12.2 Å². The quantitative estimate of drug-likeness (QED) is 0.320. The van der Waals surface area contributed by atoms with Crippen LogP contribution in [0.15, 0.2) is 24.3 Å². The molecule has 1 aliphatic heterocycles. The second kappa shape index (κ2) is 7.88. The molecule has 1 fully saturated rings. The van der Waals surface area contributed by atoms with Crippen molar-refractivity contribution in [2.45, 2.75) is 43.2 Å². The zero-order valence-corrected chi connectivity index (χ0v) is 12.7. The first kappa shape index (κ1) is 18.6. The molecule has 6 atom stereocenters. The summed E-state index contributed by atoms with van der Waals surface area (Å²) in [5, 5.41) is 47.2. The Morgan fingerprint density at radius 1 is 1.12 bits per heavy atom. The molecule has 2 rings (SSSR count). The summed E-state index contributed by atoms with van der Waals surface area (Å²) >= 11 is 0. The topological polar surface area (TPSA) is 163 Å². The molecule has 7 N–H and O–H groups in total. The van der Waals surface area contributed by atoms with E-state index in [0.29, 0.717) is 0 Å². The maximum absolute atomic E-state index is 11.9. The van der Waals surface area contributed by atoms with Gasteiger partial charge in [0.1, 0.15) is 42.8 Å². The number of ether oxygens (including phenoxy) is 2. The largest absolute Gasteiger partial charge is 0.508 e. The molecule has 0 aliphatic carbocycles. The van der Waals surface area contributed by atoms with Gasteiger partial charge in [0.25, 0.3) is 0 Å². The highest BCUT2D eigenvalue weighted by atomic mass is 16.6. The minimum atomic E-state index is -1.70. The first-order valence-electron chi connectivity index (χ1n) is 7.37. The Hall–Kier alpha value is -1.75. The van der Waals surface area contributed by atoms with Crippen molar-refractivity contribution in [1.29, 1.82) is 0 Å². The molecule has 0 spiro atoms. The number of carbonyl (C=O) groups excluding carboxylic acids is 1. The predicted molar refractivity (Wildman–Crippen MR) is 79.6 cm³/mol. The van der Waals surface area contributed by atoms with Crippen LogP contribution >= 0.6 is 0 Å². The average molecular weight is 343 g/mol. The van der Waals surface area contributed by atoms with Gasteiger partial charge in [-0.3, -0.25) is 4.79 Å². The Morgan fingerprint density at radius 3 is 2.38 bits per heavy atom. The zero-order valence-electron chi connectivity index (χ0n) is 12.7. The van der Waals surface area contributed by atoms with Crippen LogP contribution in [0.3, 0.4) is 0 Å². The SMILES string of the molecule is N[C@@H](Cc1ccc(O)cc1)C(=O)OC[C@H]1OC(O)[C@H](O)[C@@H](O)[C@@H]1O. The molecular weight excluding hydrogens is 322 g/mol. The molecule has 0 bridgehead atoms. The van der Waals surface area contributed by atoms with E-state index in [1.165, 1.54) is 12.1 Å². The molecule has 0 radical (unpaired) electrons. The summed E-state index contributed by atoms with van der Waals surface area (Å²) in [5.41, 5.74) is 6.46. The summed E-state index contributed by atoms with van der Waals surface area (Å²) in [7, 11) is 0. The maximum Gasteiger partial charge on any atom is 0.323 e. The van der Waals surface area contributed by atoms with Gasteiger partial charge in [0, 0.05) is 0 Å². The number of aliphatic hydroxyl groups excluding tert-OH is 4. The van der Waals surface area contributed by atoms with E-state index in [0.717, 1.165) is 5.56 Å². The third kappa shape index (κ3) is 4.41. The number of aromatic hydroxyl groups is 1. The van der Waals surface area contributed by atoms with E-state index in [4.69, 9.17) is 15.2 Å². The summed E-state index contributed by atoms with van der Waals surface area (Å²) in [5.74, 6) is -0.661. The lowest BCUT2D eigenvalue weighted by Crippen LogP contribution is -2.58. The number of aliphatic hydroxyl groups is 4. The van der Waals surface area contributed by atoms with Gasteiger partial charge in [-0.2, -0.15) is 0 Å². The highest BCUT2D eigenvalue weighted by Crippen LogP contribution is 2.20. The fourth-order valence-electron chi connectivity index (χ4n) is 2.31. The number of hydrogen-bond donors (Lipinski definition) is 6. The van der Waals surface area contributed by atoms with Crippen LogP contribution in [0.2, 0.25) is 0 Å². The number of nitrogens with two attached hydrogens (primary N) is 1. The Morgan fingerprint density at radius 2 is 1.75 bits per heavy atom. The van der Waals surface area contributed by atoms with Gasteiger partial charge in [-0.25, -0.2) is 0 Å². The fourth-order valence-corrected chi connectivity index (χ4v) is 2.31. The highest BCUT2D eigenvalue weighted by Gasteiger charge is 2.43. The van der Waals surface area contributed by atoms with Gasteiger partial charge in [-0.15, -0.1) is 0 Å². The number of phenols is 1. The first-order valence-corrected chi connectivity index (χ1v) is 7.37. The van der Waals surface area contributed by atoms with Gasteiger partial charge in [-0.05, 0) is 24.1 Å². The standard InChI is InChI=1S/C15H21NO8/c16-9(5-7-1-3-8(17)4-2-7)14(21)23-6-10-11(18)12(19)13(20)15(22)24-10/h1-4,9-13,15,17-20,22H,5-6,16H2/t9-,10+,11+,12-,13+,15?/m0/s1. The molecule has 24 heavy (non-hydrogen) atoms. The Labute approximate surface area is 137 Å². The number of hydrogen-bond acceptors (Lipinski definition) is 9. The van der Waals surface area contributed by atoms with Crippen LogP contribution in [-0.2, 0) is 20.7 Å². The number of benzene rings is 1. The molecule has 1 aromatic carbocycles. The van der Waals surface area contributed by atoms with Gasteiger partial charge in [-0.1, -0.05) is 12.1 Å². The van der Waals surface area contributed by atoms with Crippen molar-refractivity contribution in [2.24, 2.45) is 5.73 Å². The molecule has 9 nitrogen and oxygen atoms in total. The maximum atomic E-state index is 11.9. The number of phenolic OH excluding ortho intramolecular Hbond substituents is 1. The highest BCUT2D eigenvalue weighted by molar-refractivity contribution is 5.75. The molecule has 0 amide bonds. The van der Waals surface area contributed by atoms with Crippen molar-refractivity contribution >= 4 is 5.97 Å². The van der Waals surface area contributed by atoms with Crippen LogP contribution in [-0.4, -0.2) is 74.9 Å². The summed E-state index contributed by atoms with van der Waals surface area (Å²) in [6.07, 6.45) is -7.51. The lowest BCUT2D eigenvalue weighted by Gasteiger charge is -2.37. The predicted octanol–water partition coefficient (Wildman–Crippen LogP) is -2.39. The van der Waals surface area contributed by atoms with Crippen LogP contribution in [0.1, 0.15) is 5.56 Å². The molecule has 1 heterocycles. The average Bonchev–Trinajstić information content (AvgIpc) is 2.56. The minimum absolute atomic E-state index is 0.0950. The normalized spacial score (nSPS) is 31.5. The van der Waals surface area contributed by atoms with Crippen LogP contribution in [0.4, 0.5) is 0 Å². The van der Waals surface area contributed by atoms with E-state index in [1.54, 1.807) is 12.1 Å².